The van der Waals surface area contributed by atoms with Gasteiger partial charge in [0.1, 0.15) is 4.90 Å². The Hall–Kier alpha value is -1.97. The fourth-order valence-electron chi connectivity index (χ4n) is 4.06. The number of carbonyl (C=O) groups excluding carboxylic acids is 1. The number of hydrogen-bond donors (Lipinski definition) is 1. The van der Waals surface area contributed by atoms with E-state index < -0.39 is 10.0 Å². The van der Waals surface area contributed by atoms with Crippen molar-refractivity contribution in [2.45, 2.75) is 30.4 Å². The molecule has 1 N–H and O–H groups in total. The maximum atomic E-state index is 13.1. The third-order valence-corrected chi connectivity index (χ3v) is 7.81. The maximum absolute atomic E-state index is 13.1. The standard InChI is InChI=1S/C23H28ClN3O4S/c24-21-9-8-19(15-22(21)32(29,30)25-16-20-7-4-14-31-20)23(28)27-12-10-26(11-13-27)17-18-5-2-1-3-6-18/h1-3,5-6,8-9,15,20,25H,4,7,10-14,16-17H2/t20-/m0/s1. The zero-order valence-corrected chi connectivity index (χ0v) is 19.4. The number of carbonyl (C=O) groups is 1. The summed E-state index contributed by atoms with van der Waals surface area (Å²) in [6.07, 6.45) is 1.63. The first-order valence-corrected chi connectivity index (χ1v) is 12.7. The molecule has 9 heteroatoms. The molecule has 2 aromatic carbocycles. The maximum Gasteiger partial charge on any atom is 0.253 e. The van der Waals surface area contributed by atoms with Crippen LogP contribution in [0, 0.1) is 0 Å². The molecule has 0 radical (unpaired) electrons. The van der Waals surface area contributed by atoms with Gasteiger partial charge in [0.05, 0.1) is 11.1 Å². The zero-order valence-electron chi connectivity index (χ0n) is 17.9. The number of amides is 1. The van der Waals surface area contributed by atoms with Crippen molar-refractivity contribution in [3.05, 3.63) is 64.7 Å². The van der Waals surface area contributed by atoms with Crippen molar-refractivity contribution in [1.29, 1.82) is 0 Å². The minimum absolute atomic E-state index is 0.0780. The highest BCUT2D eigenvalue weighted by Crippen LogP contribution is 2.24. The zero-order chi connectivity index (χ0) is 22.6. The lowest BCUT2D eigenvalue weighted by atomic mass is 10.1. The summed E-state index contributed by atoms with van der Waals surface area (Å²) in [4.78, 5) is 17.0. The second-order valence-electron chi connectivity index (χ2n) is 8.19. The molecule has 2 fully saturated rings. The van der Waals surface area contributed by atoms with Gasteiger partial charge in [-0.15, -0.1) is 0 Å². The molecule has 0 saturated carbocycles. The topological polar surface area (TPSA) is 78.9 Å². The fraction of sp³-hybridized carbons (Fsp3) is 0.435. The highest BCUT2D eigenvalue weighted by molar-refractivity contribution is 7.89. The molecular formula is C23H28ClN3O4S. The molecule has 0 spiro atoms. The Morgan fingerprint density at radius 2 is 1.84 bits per heavy atom. The Morgan fingerprint density at radius 3 is 2.53 bits per heavy atom. The van der Waals surface area contributed by atoms with Gasteiger partial charge < -0.3 is 9.64 Å². The largest absolute Gasteiger partial charge is 0.377 e. The first-order valence-electron chi connectivity index (χ1n) is 10.9. The van der Waals surface area contributed by atoms with Gasteiger partial charge in [0.2, 0.25) is 10.0 Å². The van der Waals surface area contributed by atoms with E-state index in [1.165, 1.54) is 17.7 Å². The van der Waals surface area contributed by atoms with E-state index in [4.69, 9.17) is 16.3 Å². The quantitative estimate of drug-likeness (QED) is 0.663. The summed E-state index contributed by atoms with van der Waals surface area (Å²) in [6.45, 7) is 4.41. The van der Waals surface area contributed by atoms with E-state index in [0.29, 0.717) is 25.3 Å². The van der Waals surface area contributed by atoms with Crippen molar-refractivity contribution < 1.29 is 17.9 Å². The molecule has 2 aromatic rings. The Bertz CT molecular complexity index is 1030. The third kappa shape index (κ3) is 5.68. The Morgan fingerprint density at radius 1 is 1.09 bits per heavy atom. The minimum atomic E-state index is -3.85. The van der Waals surface area contributed by atoms with Gasteiger partial charge >= 0.3 is 0 Å². The van der Waals surface area contributed by atoms with Crippen molar-refractivity contribution in [2.24, 2.45) is 0 Å². The predicted octanol–water partition coefficient (Wildman–Crippen LogP) is 2.76. The molecule has 0 aliphatic carbocycles. The molecule has 2 aliphatic rings. The molecular weight excluding hydrogens is 450 g/mol. The number of piperazine rings is 1. The van der Waals surface area contributed by atoms with Crippen LogP contribution in [0.5, 0.6) is 0 Å². The Balaban J connectivity index is 1.38. The van der Waals surface area contributed by atoms with Gasteiger partial charge in [-0.05, 0) is 36.6 Å². The summed E-state index contributed by atoms with van der Waals surface area (Å²) in [5.41, 5.74) is 1.57. The number of nitrogens with zero attached hydrogens (tertiary/aromatic N) is 2. The first-order chi connectivity index (χ1) is 15.4. The first kappa shape index (κ1) is 23.2. The Labute approximate surface area is 194 Å². The van der Waals surface area contributed by atoms with Gasteiger partial charge in [0, 0.05) is 51.4 Å². The molecule has 172 valence electrons. The van der Waals surface area contributed by atoms with Gasteiger partial charge in [-0.2, -0.15) is 0 Å². The van der Waals surface area contributed by atoms with E-state index in [-0.39, 0.29) is 28.5 Å². The van der Waals surface area contributed by atoms with Gasteiger partial charge in [0.15, 0.2) is 0 Å². The number of benzene rings is 2. The van der Waals surface area contributed by atoms with Crippen LogP contribution in [0.4, 0.5) is 0 Å². The van der Waals surface area contributed by atoms with E-state index in [9.17, 15) is 13.2 Å². The van der Waals surface area contributed by atoms with Crippen LogP contribution in [0.1, 0.15) is 28.8 Å². The van der Waals surface area contributed by atoms with Gasteiger partial charge in [0.25, 0.3) is 5.91 Å². The monoisotopic (exact) mass is 477 g/mol. The van der Waals surface area contributed by atoms with E-state index in [0.717, 1.165) is 32.5 Å². The van der Waals surface area contributed by atoms with Crippen molar-refractivity contribution in [3.63, 3.8) is 0 Å². The molecule has 0 aromatic heterocycles. The summed E-state index contributed by atoms with van der Waals surface area (Å²) < 4.78 is 33.6. The predicted molar refractivity (Wildman–Crippen MR) is 123 cm³/mol. The average molecular weight is 478 g/mol. The molecule has 1 atom stereocenters. The van der Waals surface area contributed by atoms with Crippen LogP contribution in [-0.2, 0) is 21.3 Å². The third-order valence-electron chi connectivity index (χ3n) is 5.90. The van der Waals surface area contributed by atoms with Crippen LogP contribution in [0.25, 0.3) is 0 Å². The van der Waals surface area contributed by atoms with E-state index in [1.807, 2.05) is 18.2 Å². The number of halogens is 1. The van der Waals surface area contributed by atoms with E-state index in [2.05, 4.69) is 21.8 Å². The van der Waals surface area contributed by atoms with E-state index >= 15 is 0 Å². The molecule has 2 heterocycles. The molecule has 2 saturated heterocycles. The molecule has 2 aliphatic heterocycles. The van der Waals surface area contributed by atoms with Gasteiger partial charge in [-0.3, -0.25) is 9.69 Å². The van der Waals surface area contributed by atoms with Crippen LogP contribution in [-0.4, -0.2) is 69.6 Å². The molecule has 4 rings (SSSR count). The number of rotatable bonds is 7. The number of nitrogens with one attached hydrogen (secondary N) is 1. The van der Waals surface area contributed by atoms with Crippen LogP contribution in [0.3, 0.4) is 0 Å². The molecule has 32 heavy (non-hydrogen) atoms. The number of hydrogen-bond acceptors (Lipinski definition) is 5. The highest BCUT2D eigenvalue weighted by Gasteiger charge is 2.26. The Kier molecular flexibility index (Phi) is 7.48. The summed E-state index contributed by atoms with van der Waals surface area (Å²) in [6, 6.07) is 14.7. The molecule has 0 bridgehead atoms. The van der Waals surface area contributed by atoms with Crippen LogP contribution < -0.4 is 4.72 Å². The summed E-state index contributed by atoms with van der Waals surface area (Å²) >= 11 is 6.18. The minimum Gasteiger partial charge on any atom is -0.377 e. The summed E-state index contributed by atoms with van der Waals surface area (Å²) in [7, 11) is -3.85. The normalized spacial score (nSPS) is 19.9. The van der Waals surface area contributed by atoms with Crippen LogP contribution >= 0.6 is 11.6 Å². The van der Waals surface area contributed by atoms with Crippen LogP contribution in [0.2, 0.25) is 5.02 Å². The molecule has 1 amide bonds. The molecule has 0 unspecified atom stereocenters. The second kappa shape index (κ2) is 10.3. The lowest BCUT2D eigenvalue weighted by molar-refractivity contribution is 0.0628. The second-order valence-corrected chi connectivity index (χ2v) is 10.3. The average Bonchev–Trinajstić information content (AvgIpc) is 3.33. The number of sulfonamides is 1. The van der Waals surface area contributed by atoms with E-state index in [1.54, 1.807) is 11.0 Å². The van der Waals surface area contributed by atoms with Crippen molar-refractivity contribution in [2.75, 3.05) is 39.3 Å². The highest BCUT2D eigenvalue weighted by atomic mass is 35.5. The number of ether oxygens (including phenoxy) is 1. The van der Waals surface area contributed by atoms with Crippen molar-refractivity contribution in [1.82, 2.24) is 14.5 Å². The van der Waals surface area contributed by atoms with Crippen molar-refractivity contribution >= 4 is 27.5 Å². The lowest BCUT2D eigenvalue weighted by Gasteiger charge is -2.34. The summed E-state index contributed by atoms with van der Waals surface area (Å²) in [5, 5.41) is 0.0917. The smallest absolute Gasteiger partial charge is 0.253 e. The molecule has 7 nitrogen and oxygen atoms in total. The lowest BCUT2D eigenvalue weighted by Crippen LogP contribution is -2.48. The fourth-order valence-corrected chi connectivity index (χ4v) is 5.65. The summed E-state index contributed by atoms with van der Waals surface area (Å²) in [5.74, 6) is -0.184. The van der Waals surface area contributed by atoms with Crippen LogP contribution in [0.15, 0.2) is 53.4 Å². The van der Waals surface area contributed by atoms with Gasteiger partial charge in [-0.25, -0.2) is 13.1 Å². The SMILES string of the molecule is O=C(c1ccc(Cl)c(S(=O)(=O)NC[C@@H]2CCCO2)c1)N1CCN(Cc2ccccc2)CC1. The van der Waals surface area contributed by atoms with Gasteiger partial charge in [-0.1, -0.05) is 41.9 Å². The van der Waals surface area contributed by atoms with Crippen molar-refractivity contribution in [3.8, 4) is 0 Å².